The zero-order valence-electron chi connectivity index (χ0n) is 17.8. The second-order valence-corrected chi connectivity index (χ2v) is 8.52. The predicted octanol–water partition coefficient (Wildman–Crippen LogP) is 4.86. The van der Waals surface area contributed by atoms with Gasteiger partial charge in [-0.05, 0) is 49.1 Å². The summed E-state index contributed by atoms with van der Waals surface area (Å²) in [7, 11) is 0. The minimum atomic E-state index is -1.31. The first-order valence-corrected chi connectivity index (χ1v) is 9.63. The molecular formula is C23H26N2O5. The third kappa shape index (κ3) is 5.17. The average molecular weight is 410 g/mol. The molecule has 0 aliphatic rings. The van der Waals surface area contributed by atoms with E-state index in [1.54, 1.807) is 24.3 Å². The van der Waals surface area contributed by atoms with Crippen LogP contribution in [-0.2, 0) is 16.8 Å². The molecule has 2 aromatic carbocycles. The van der Waals surface area contributed by atoms with E-state index in [-0.39, 0.29) is 12.0 Å². The van der Waals surface area contributed by atoms with Crippen molar-refractivity contribution in [2.45, 2.75) is 52.2 Å². The number of carboxylic acids is 1. The molecule has 0 unspecified atom stereocenters. The third-order valence-electron chi connectivity index (χ3n) is 4.55. The Morgan fingerprint density at radius 2 is 1.57 bits per heavy atom. The minimum absolute atomic E-state index is 0.0821. The molecule has 0 amide bonds. The zero-order chi connectivity index (χ0) is 21.9. The van der Waals surface area contributed by atoms with Crippen molar-refractivity contribution in [1.29, 1.82) is 0 Å². The van der Waals surface area contributed by atoms with Crippen LogP contribution in [-0.4, -0.2) is 26.8 Å². The summed E-state index contributed by atoms with van der Waals surface area (Å²) in [5.74, 6) is 0.840. The zero-order valence-corrected chi connectivity index (χ0v) is 17.8. The van der Waals surface area contributed by atoms with Gasteiger partial charge in [-0.15, -0.1) is 0 Å². The van der Waals surface area contributed by atoms with Crippen molar-refractivity contribution in [2.75, 3.05) is 0 Å². The fourth-order valence-electron chi connectivity index (χ4n) is 2.64. The molecule has 0 atom stereocenters. The number of hydrogen-bond donors (Lipinski definition) is 1. The van der Waals surface area contributed by atoms with E-state index in [1.807, 2.05) is 12.1 Å². The molecule has 30 heavy (non-hydrogen) atoms. The number of ether oxygens (including phenoxy) is 2. The van der Waals surface area contributed by atoms with Crippen LogP contribution in [0.1, 0.15) is 46.1 Å². The lowest BCUT2D eigenvalue weighted by molar-refractivity contribution is -0.152. The van der Waals surface area contributed by atoms with Crippen molar-refractivity contribution in [2.24, 2.45) is 0 Å². The molecule has 0 bridgehead atoms. The Bertz CT molecular complexity index is 999. The first kappa shape index (κ1) is 21.4. The minimum Gasteiger partial charge on any atom is -0.484 e. The van der Waals surface area contributed by atoms with E-state index in [9.17, 15) is 4.79 Å². The molecule has 0 aliphatic heterocycles. The lowest BCUT2D eigenvalue weighted by Gasteiger charge is -2.21. The van der Waals surface area contributed by atoms with Crippen LogP contribution < -0.4 is 9.47 Å². The maximum absolute atomic E-state index is 11.1. The molecule has 0 saturated heterocycles. The number of carboxylic acid groups (broad SMARTS) is 1. The van der Waals surface area contributed by atoms with Crippen LogP contribution in [0.4, 0.5) is 0 Å². The van der Waals surface area contributed by atoms with E-state index in [0.717, 1.165) is 5.56 Å². The van der Waals surface area contributed by atoms with Crippen LogP contribution in [0, 0.1) is 0 Å². The molecular weight excluding hydrogens is 384 g/mol. The van der Waals surface area contributed by atoms with Gasteiger partial charge in [0.25, 0.3) is 5.89 Å². The van der Waals surface area contributed by atoms with Gasteiger partial charge in [-0.25, -0.2) is 4.79 Å². The molecule has 7 heteroatoms. The second-order valence-electron chi connectivity index (χ2n) is 8.52. The van der Waals surface area contributed by atoms with Crippen molar-refractivity contribution in [1.82, 2.24) is 10.1 Å². The first-order valence-electron chi connectivity index (χ1n) is 9.63. The van der Waals surface area contributed by atoms with Crippen molar-refractivity contribution in [3.05, 3.63) is 60.0 Å². The Labute approximate surface area is 175 Å². The first-order chi connectivity index (χ1) is 14.0. The molecule has 1 heterocycles. The summed E-state index contributed by atoms with van der Waals surface area (Å²) < 4.78 is 16.4. The summed E-state index contributed by atoms with van der Waals surface area (Å²) in [4.78, 5) is 15.5. The van der Waals surface area contributed by atoms with E-state index >= 15 is 0 Å². The Hall–Kier alpha value is -3.35. The number of carbonyl (C=O) groups is 1. The topological polar surface area (TPSA) is 94.7 Å². The smallest absolute Gasteiger partial charge is 0.347 e. The predicted molar refractivity (Wildman–Crippen MR) is 112 cm³/mol. The Morgan fingerprint density at radius 3 is 2.13 bits per heavy atom. The van der Waals surface area contributed by atoms with Gasteiger partial charge in [0.15, 0.2) is 12.2 Å². The number of hydrogen-bond acceptors (Lipinski definition) is 6. The molecule has 1 N–H and O–H groups in total. The lowest BCUT2D eigenvalue weighted by Crippen LogP contribution is -2.37. The number of aromatic nitrogens is 2. The van der Waals surface area contributed by atoms with Gasteiger partial charge in [-0.1, -0.05) is 50.2 Å². The molecule has 0 saturated carbocycles. The van der Waals surface area contributed by atoms with E-state index in [1.165, 1.54) is 19.4 Å². The maximum atomic E-state index is 11.1. The van der Waals surface area contributed by atoms with Gasteiger partial charge in [0.1, 0.15) is 11.5 Å². The molecule has 3 rings (SSSR count). The van der Waals surface area contributed by atoms with Crippen LogP contribution in [0.5, 0.6) is 11.5 Å². The van der Waals surface area contributed by atoms with Crippen molar-refractivity contribution in [3.8, 4) is 22.9 Å². The number of benzene rings is 2. The summed E-state index contributed by atoms with van der Waals surface area (Å²) in [6.07, 6.45) is 0. The lowest BCUT2D eigenvalue weighted by atomic mass is 9.87. The summed E-state index contributed by atoms with van der Waals surface area (Å²) in [5.41, 5.74) is 0.879. The highest BCUT2D eigenvalue weighted by Crippen LogP contribution is 2.26. The molecule has 158 valence electrons. The molecule has 0 fully saturated rings. The quantitative estimate of drug-likeness (QED) is 0.594. The fraction of sp³-hybridized carbons (Fsp3) is 0.348. The van der Waals surface area contributed by atoms with Gasteiger partial charge in [-0.2, -0.15) is 4.98 Å². The fourth-order valence-corrected chi connectivity index (χ4v) is 2.64. The van der Waals surface area contributed by atoms with Gasteiger partial charge in [0.2, 0.25) is 5.82 Å². The molecule has 0 radical (unpaired) electrons. The summed E-state index contributed by atoms with van der Waals surface area (Å²) in [6, 6.07) is 14.8. The SMILES string of the molecule is CC(C)(Oc1ccc(OCc2nc(-c3ccc(C(C)(C)C)cc3)no2)cc1)C(=O)O. The standard InChI is InChI=1S/C23H26N2O5/c1-22(2,3)16-8-6-15(7-9-16)20-24-19(30-25-20)14-28-17-10-12-18(13-11-17)29-23(4,5)21(26)27/h6-13H,14H2,1-5H3,(H,26,27). The van der Waals surface area contributed by atoms with Crippen LogP contribution in [0.2, 0.25) is 0 Å². The molecule has 0 spiro atoms. The monoisotopic (exact) mass is 410 g/mol. The Kier molecular flexibility index (Phi) is 5.82. The molecule has 3 aromatic rings. The van der Waals surface area contributed by atoms with Crippen LogP contribution in [0.25, 0.3) is 11.4 Å². The average Bonchev–Trinajstić information content (AvgIpc) is 3.15. The molecule has 0 aliphatic carbocycles. The van der Waals surface area contributed by atoms with E-state index in [0.29, 0.717) is 23.2 Å². The van der Waals surface area contributed by atoms with Crippen LogP contribution in [0.15, 0.2) is 53.1 Å². The third-order valence-corrected chi connectivity index (χ3v) is 4.55. The molecule has 1 aromatic heterocycles. The van der Waals surface area contributed by atoms with Crippen molar-refractivity contribution >= 4 is 5.97 Å². The largest absolute Gasteiger partial charge is 0.484 e. The van der Waals surface area contributed by atoms with Crippen LogP contribution >= 0.6 is 0 Å². The van der Waals surface area contributed by atoms with Gasteiger partial charge in [0.05, 0.1) is 0 Å². The van der Waals surface area contributed by atoms with Gasteiger partial charge < -0.3 is 19.1 Å². The van der Waals surface area contributed by atoms with E-state index in [2.05, 4.69) is 43.0 Å². The normalized spacial score (nSPS) is 11.9. The highest BCUT2D eigenvalue weighted by atomic mass is 16.5. The van der Waals surface area contributed by atoms with Gasteiger partial charge in [0, 0.05) is 5.56 Å². The Balaban J connectivity index is 1.60. The summed E-state index contributed by atoms with van der Waals surface area (Å²) >= 11 is 0. The summed E-state index contributed by atoms with van der Waals surface area (Å²) in [6.45, 7) is 9.59. The van der Waals surface area contributed by atoms with Gasteiger partial charge >= 0.3 is 5.97 Å². The molecule has 7 nitrogen and oxygen atoms in total. The van der Waals surface area contributed by atoms with Crippen molar-refractivity contribution in [3.63, 3.8) is 0 Å². The van der Waals surface area contributed by atoms with E-state index in [4.69, 9.17) is 19.1 Å². The van der Waals surface area contributed by atoms with E-state index < -0.39 is 11.6 Å². The van der Waals surface area contributed by atoms with Crippen molar-refractivity contribution < 1.29 is 23.9 Å². The highest BCUT2D eigenvalue weighted by Gasteiger charge is 2.29. The number of aliphatic carboxylic acids is 1. The number of nitrogens with zero attached hydrogens (tertiary/aromatic N) is 2. The summed E-state index contributed by atoms with van der Waals surface area (Å²) in [5, 5.41) is 13.1. The Morgan fingerprint density at radius 1 is 0.967 bits per heavy atom. The van der Waals surface area contributed by atoms with Gasteiger partial charge in [-0.3, -0.25) is 0 Å². The number of rotatable bonds is 7. The second kappa shape index (κ2) is 8.18. The highest BCUT2D eigenvalue weighted by molar-refractivity contribution is 5.76. The van der Waals surface area contributed by atoms with Crippen LogP contribution in [0.3, 0.4) is 0 Å². The maximum Gasteiger partial charge on any atom is 0.347 e.